The third-order valence-corrected chi connectivity index (χ3v) is 2.61. The van der Waals surface area contributed by atoms with E-state index in [-0.39, 0.29) is 11.8 Å². The lowest BCUT2D eigenvalue weighted by Gasteiger charge is -2.03. The van der Waals surface area contributed by atoms with E-state index in [1.807, 2.05) is 6.92 Å². The molecule has 17 heavy (non-hydrogen) atoms. The zero-order valence-electron chi connectivity index (χ0n) is 9.87. The highest BCUT2D eigenvalue weighted by atomic mass is 32.1. The standard InChI is InChI=1S/C10H16N4O2S/c1-3-11-4-5-12-9(16)8-6-17-10(14-8)13-7(2)15/h6,11H,3-5H2,1-2H3,(H,12,16)(H,13,14,15). The number of hydrogen-bond acceptors (Lipinski definition) is 5. The smallest absolute Gasteiger partial charge is 0.270 e. The molecule has 1 rings (SSSR count). The molecule has 94 valence electrons. The fourth-order valence-corrected chi connectivity index (χ4v) is 1.85. The van der Waals surface area contributed by atoms with Crippen LogP contribution in [-0.4, -0.2) is 36.4 Å². The van der Waals surface area contributed by atoms with Gasteiger partial charge in [0.2, 0.25) is 5.91 Å². The van der Waals surface area contributed by atoms with Crippen LogP contribution >= 0.6 is 11.3 Å². The molecule has 7 heteroatoms. The molecule has 1 aromatic rings. The topological polar surface area (TPSA) is 83.1 Å². The summed E-state index contributed by atoms with van der Waals surface area (Å²) < 4.78 is 0. The van der Waals surface area contributed by atoms with E-state index in [0.717, 1.165) is 13.1 Å². The molecule has 0 aliphatic rings. The van der Waals surface area contributed by atoms with Gasteiger partial charge >= 0.3 is 0 Å². The average Bonchev–Trinajstić information content (AvgIpc) is 2.71. The van der Waals surface area contributed by atoms with Crippen LogP contribution in [0.3, 0.4) is 0 Å². The SMILES string of the molecule is CCNCCNC(=O)c1csc(NC(C)=O)n1. The van der Waals surface area contributed by atoms with Crippen molar-refractivity contribution in [1.82, 2.24) is 15.6 Å². The number of aromatic nitrogens is 1. The molecule has 3 N–H and O–H groups in total. The van der Waals surface area contributed by atoms with Crippen LogP contribution < -0.4 is 16.0 Å². The van der Waals surface area contributed by atoms with Crippen molar-refractivity contribution in [2.24, 2.45) is 0 Å². The molecule has 0 saturated heterocycles. The van der Waals surface area contributed by atoms with Crippen LogP contribution in [-0.2, 0) is 4.79 Å². The summed E-state index contributed by atoms with van der Waals surface area (Å²) in [4.78, 5) is 26.4. The van der Waals surface area contributed by atoms with E-state index >= 15 is 0 Å². The van der Waals surface area contributed by atoms with Crippen molar-refractivity contribution in [3.8, 4) is 0 Å². The number of carbonyl (C=O) groups is 2. The van der Waals surface area contributed by atoms with Gasteiger partial charge in [0.1, 0.15) is 5.69 Å². The van der Waals surface area contributed by atoms with Gasteiger partial charge < -0.3 is 16.0 Å². The van der Waals surface area contributed by atoms with Crippen molar-refractivity contribution in [3.63, 3.8) is 0 Å². The molecule has 6 nitrogen and oxygen atoms in total. The number of carbonyl (C=O) groups excluding carboxylic acids is 2. The first-order chi connectivity index (χ1) is 8.13. The fraction of sp³-hybridized carbons (Fsp3) is 0.500. The number of nitrogens with one attached hydrogen (secondary N) is 3. The Bertz CT molecular complexity index is 391. The summed E-state index contributed by atoms with van der Waals surface area (Å²) in [5, 5.41) is 10.4. The van der Waals surface area contributed by atoms with Gasteiger partial charge in [0.15, 0.2) is 5.13 Å². The second-order valence-corrected chi connectivity index (χ2v) is 4.19. The van der Waals surface area contributed by atoms with Gasteiger partial charge in [-0.1, -0.05) is 6.92 Å². The number of rotatable bonds is 6. The summed E-state index contributed by atoms with van der Waals surface area (Å²) in [5.41, 5.74) is 0.329. The number of amides is 2. The maximum absolute atomic E-state index is 11.6. The van der Waals surface area contributed by atoms with E-state index in [4.69, 9.17) is 0 Å². The Morgan fingerprint density at radius 2 is 2.18 bits per heavy atom. The lowest BCUT2D eigenvalue weighted by atomic mass is 10.4. The first-order valence-corrected chi connectivity index (χ1v) is 6.23. The summed E-state index contributed by atoms with van der Waals surface area (Å²) in [5.74, 6) is -0.422. The summed E-state index contributed by atoms with van der Waals surface area (Å²) in [6.07, 6.45) is 0. The summed E-state index contributed by atoms with van der Waals surface area (Å²) >= 11 is 1.23. The van der Waals surface area contributed by atoms with E-state index in [1.54, 1.807) is 5.38 Å². The second-order valence-electron chi connectivity index (χ2n) is 3.33. The predicted octanol–water partition coefficient (Wildman–Crippen LogP) is 0.441. The van der Waals surface area contributed by atoms with E-state index in [9.17, 15) is 9.59 Å². The minimum absolute atomic E-state index is 0.196. The molecule has 0 aliphatic heterocycles. The average molecular weight is 256 g/mol. The Kier molecular flexibility index (Phi) is 5.58. The zero-order valence-corrected chi connectivity index (χ0v) is 10.7. The molecular weight excluding hydrogens is 240 g/mol. The Morgan fingerprint density at radius 3 is 2.82 bits per heavy atom. The largest absolute Gasteiger partial charge is 0.349 e. The van der Waals surface area contributed by atoms with Crippen LogP contribution in [0.1, 0.15) is 24.3 Å². The Labute approximate surface area is 104 Å². The van der Waals surface area contributed by atoms with Crippen molar-refractivity contribution in [2.75, 3.05) is 25.0 Å². The maximum atomic E-state index is 11.6. The maximum Gasteiger partial charge on any atom is 0.270 e. The molecular formula is C10H16N4O2S. The molecule has 1 aromatic heterocycles. The zero-order chi connectivity index (χ0) is 12.7. The molecule has 0 fully saturated rings. The second kappa shape index (κ2) is 6.97. The van der Waals surface area contributed by atoms with Crippen molar-refractivity contribution in [3.05, 3.63) is 11.1 Å². The van der Waals surface area contributed by atoms with Gasteiger partial charge in [0, 0.05) is 25.4 Å². The molecule has 0 aromatic carbocycles. The lowest BCUT2D eigenvalue weighted by Crippen LogP contribution is -2.31. The van der Waals surface area contributed by atoms with Gasteiger partial charge in [-0.3, -0.25) is 9.59 Å². The minimum atomic E-state index is -0.226. The van der Waals surface area contributed by atoms with Crippen molar-refractivity contribution in [1.29, 1.82) is 0 Å². The molecule has 0 radical (unpaired) electrons. The number of thiazole rings is 1. The highest BCUT2D eigenvalue weighted by molar-refractivity contribution is 7.14. The molecule has 2 amide bonds. The first-order valence-electron chi connectivity index (χ1n) is 5.35. The molecule has 0 aliphatic carbocycles. The van der Waals surface area contributed by atoms with E-state index < -0.39 is 0 Å². The molecule has 1 heterocycles. The molecule has 0 bridgehead atoms. The fourth-order valence-electron chi connectivity index (χ4n) is 1.12. The van der Waals surface area contributed by atoms with Gasteiger partial charge in [0.25, 0.3) is 5.91 Å². The first kappa shape index (κ1) is 13.6. The van der Waals surface area contributed by atoms with Crippen molar-refractivity contribution >= 4 is 28.3 Å². The molecule has 0 spiro atoms. The monoisotopic (exact) mass is 256 g/mol. The molecule has 0 atom stereocenters. The van der Waals surface area contributed by atoms with Crippen LogP contribution in [0.15, 0.2) is 5.38 Å². The third kappa shape index (κ3) is 4.92. The van der Waals surface area contributed by atoms with Crippen molar-refractivity contribution < 1.29 is 9.59 Å². The minimum Gasteiger partial charge on any atom is -0.349 e. The number of likely N-dealkylation sites (N-methyl/N-ethyl adjacent to an activating group) is 1. The third-order valence-electron chi connectivity index (χ3n) is 1.86. The number of nitrogens with zero attached hydrogens (tertiary/aromatic N) is 1. The van der Waals surface area contributed by atoms with Gasteiger partial charge in [-0.15, -0.1) is 11.3 Å². The van der Waals surface area contributed by atoms with Gasteiger partial charge in [0.05, 0.1) is 0 Å². The Balaban J connectivity index is 2.41. The highest BCUT2D eigenvalue weighted by Crippen LogP contribution is 2.14. The van der Waals surface area contributed by atoms with Crippen LogP contribution in [0.4, 0.5) is 5.13 Å². The number of hydrogen-bond donors (Lipinski definition) is 3. The molecule has 0 unspecified atom stereocenters. The van der Waals surface area contributed by atoms with Crippen LogP contribution in [0.25, 0.3) is 0 Å². The Hall–Kier alpha value is -1.47. The van der Waals surface area contributed by atoms with Crippen molar-refractivity contribution in [2.45, 2.75) is 13.8 Å². The summed E-state index contributed by atoms with van der Waals surface area (Å²) in [6.45, 7) is 5.56. The lowest BCUT2D eigenvalue weighted by molar-refractivity contribution is -0.114. The van der Waals surface area contributed by atoms with Crippen LogP contribution in [0.5, 0.6) is 0 Å². The quantitative estimate of drug-likeness (QED) is 0.645. The van der Waals surface area contributed by atoms with E-state index in [2.05, 4.69) is 20.9 Å². The normalized spacial score (nSPS) is 10.0. The van der Waals surface area contributed by atoms with Crippen LogP contribution in [0.2, 0.25) is 0 Å². The summed E-state index contributed by atoms with van der Waals surface area (Å²) in [7, 11) is 0. The number of anilines is 1. The molecule has 0 saturated carbocycles. The predicted molar refractivity (Wildman–Crippen MR) is 67.3 cm³/mol. The highest BCUT2D eigenvalue weighted by Gasteiger charge is 2.10. The summed E-state index contributed by atoms with van der Waals surface area (Å²) in [6, 6.07) is 0. The van der Waals surface area contributed by atoms with E-state index in [0.29, 0.717) is 17.4 Å². The van der Waals surface area contributed by atoms with Gasteiger partial charge in [-0.2, -0.15) is 0 Å². The van der Waals surface area contributed by atoms with Crippen LogP contribution in [0, 0.1) is 0 Å². The van der Waals surface area contributed by atoms with Gasteiger partial charge in [-0.05, 0) is 6.54 Å². The van der Waals surface area contributed by atoms with E-state index in [1.165, 1.54) is 18.3 Å². The Morgan fingerprint density at radius 1 is 1.41 bits per heavy atom. The van der Waals surface area contributed by atoms with Gasteiger partial charge in [-0.25, -0.2) is 4.98 Å².